The zero-order chi connectivity index (χ0) is 17.0. The molecule has 0 aliphatic carbocycles. The van der Waals surface area contributed by atoms with Crippen LogP contribution < -0.4 is 5.32 Å². The van der Waals surface area contributed by atoms with E-state index in [2.05, 4.69) is 5.32 Å². The van der Waals surface area contributed by atoms with E-state index in [0.717, 1.165) is 12.0 Å². The number of aryl methyl sites for hydroxylation is 1. The van der Waals surface area contributed by atoms with Crippen LogP contribution in [0.15, 0.2) is 29.2 Å². The number of hydrogen-bond donors (Lipinski definition) is 1. The van der Waals surface area contributed by atoms with Crippen molar-refractivity contribution in [2.24, 2.45) is 5.92 Å². The summed E-state index contributed by atoms with van der Waals surface area (Å²) in [5.74, 6) is -0.0182. The second-order valence-corrected chi connectivity index (χ2v) is 8.28. The molecule has 23 heavy (non-hydrogen) atoms. The van der Waals surface area contributed by atoms with Gasteiger partial charge in [0.25, 0.3) is 0 Å². The predicted molar refractivity (Wildman–Crippen MR) is 90.6 cm³/mol. The number of benzene rings is 1. The standard InChI is InChI=1S/C17H26N2O3S/c1-4-14-5-7-16(8-6-14)23(21,22)19-11-9-15(10-12-19)18-17(20)13(2)3/h5-8,13,15H,4,9-12H2,1-3H3,(H,18,20). The van der Waals surface area contributed by atoms with Gasteiger partial charge in [0.2, 0.25) is 15.9 Å². The maximum absolute atomic E-state index is 12.7. The average Bonchev–Trinajstić information content (AvgIpc) is 2.55. The highest BCUT2D eigenvalue weighted by atomic mass is 32.2. The molecule has 0 radical (unpaired) electrons. The van der Waals surface area contributed by atoms with Crippen molar-refractivity contribution in [1.29, 1.82) is 0 Å². The lowest BCUT2D eigenvalue weighted by Gasteiger charge is -2.32. The molecule has 6 heteroatoms. The molecule has 0 spiro atoms. The molecule has 1 aliphatic rings. The Balaban J connectivity index is 1.99. The van der Waals surface area contributed by atoms with Crippen molar-refractivity contribution in [3.05, 3.63) is 29.8 Å². The number of sulfonamides is 1. The van der Waals surface area contributed by atoms with E-state index < -0.39 is 10.0 Å². The quantitative estimate of drug-likeness (QED) is 0.895. The van der Waals surface area contributed by atoms with Gasteiger partial charge in [0.1, 0.15) is 0 Å². The second kappa shape index (κ2) is 7.45. The summed E-state index contributed by atoms with van der Waals surface area (Å²) in [6.45, 7) is 6.64. The average molecular weight is 338 g/mol. The van der Waals surface area contributed by atoms with Gasteiger partial charge in [-0.05, 0) is 37.0 Å². The van der Waals surface area contributed by atoms with Gasteiger partial charge in [-0.15, -0.1) is 0 Å². The summed E-state index contributed by atoms with van der Waals surface area (Å²) in [5, 5.41) is 2.98. The van der Waals surface area contributed by atoms with Crippen LogP contribution in [0.1, 0.15) is 39.2 Å². The molecular weight excluding hydrogens is 312 g/mol. The lowest BCUT2D eigenvalue weighted by molar-refractivity contribution is -0.124. The van der Waals surface area contributed by atoms with Crippen molar-refractivity contribution in [1.82, 2.24) is 9.62 Å². The van der Waals surface area contributed by atoms with Crippen LogP contribution in [0.3, 0.4) is 0 Å². The van der Waals surface area contributed by atoms with E-state index >= 15 is 0 Å². The molecule has 0 atom stereocenters. The number of nitrogens with zero attached hydrogens (tertiary/aromatic N) is 1. The van der Waals surface area contributed by atoms with E-state index in [-0.39, 0.29) is 17.9 Å². The first kappa shape index (κ1) is 17.9. The van der Waals surface area contributed by atoms with Crippen LogP contribution in [-0.4, -0.2) is 37.8 Å². The maximum atomic E-state index is 12.7. The minimum Gasteiger partial charge on any atom is -0.353 e. The monoisotopic (exact) mass is 338 g/mol. The van der Waals surface area contributed by atoms with Crippen molar-refractivity contribution in [2.45, 2.75) is 51.0 Å². The van der Waals surface area contributed by atoms with Crippen molar-refractivity contribution < 1.29 is 13.2 Å². The molecule has 1 heterocycles. The van der Waals surface area contributed by atoms with Gasteiger partial charge in [0, 0.05) is 25.0 Å². The Labute approximate surface area is 139 Å². The topological polar surface area (TPSA) is 66.5 Å². The van der Waals surface area contributed by atoms with Crippen LogP contribution in [0.4, 0.5) is 0 Å². The highest BCUT2D eigenvalue weighted by molar-refractivity contribution is 7.89. The van der Waals surface area contributed by atoms with Gasteiger partial charge >= 0.3 is 0 Å². The minimum atomic E-state index is -3.43. The first-order valence-corrected chi connectivity index (χ1v) is 9.68. The molecule has 1 saturated heterocycles. The number of amides is 1. The molecule has 1 aromatic carbocycles. The van der Waals surface area contributed by atoms with Crippen LogP contribution in [0.5, 0.6) is 0 Å². The molecule has 0 aromatic heterocycles. The molecule has 128 valence electrons. The summed E-state index contributed by atoms with van der Waals surface area (Å²) in [5.41, 5.74) is 1.12. The lowest BCUT2D eigenvalue weighted by Crippen LogP contribution is -2.47. The third-order valence-corrected chi connectivity index (χ3v) is 6.21. The van der Waals surface area contributed by atoms with Gasteiger partial charge in [-0.1, -0.05) is 32.9 Å². The Morgan fingerprint density at radius 1 is 1.22 bits per heavy atom. The van der Waals surface area contributed by atoms with Crippen molar-refractivity contribution in [2.75, 3.05) is 13.1 Å². The van der Waals surface area contributed by atoms with Crippen molar-refractivity contribution in [3.8, 4) is 0 Å². The number of hydrogen-bond acceptors (Lipinski definition) is 3. The zero-order valence-corrected chi connectivity index (χ0v) is 14.9. The van der Waals surface area contributed by atoms with Crippen LogP contribution in [-0.2, 0) is 21.2 Å². The number of carbonyl (C=O) groups is 1. The number of rotatable bonds is 5. The number of carbonyl (C=O) groups excluding carboxylic acids is 1. The van der Waals surface area contributed by atoms with E-state index in [1.165, 1.54) is 4.31 Å². The highest BCUT2D eigenvalue weighted by Gasteiger charge is 2.30. The molecule has 1 fully saturated rings. The Hall–Kier alpha value is -1.40. The third-order valence-electron chi connectivity index (χ3n) is 4.29. The Morgan fingerprint density at radius 3 is 2.26 bits per heavy atom. The summed E-state index contributed by atoms with van der Waals surface area (Å²) in [4.78, 5) is 12.1. The Morgan fingerprint density at radius 2 is 1.78 bits per heavy atom. The molecule has 1 aromatic rings. The Bertz CT molecular complexity index is 630. The molecular formula is C17H26N2O3S. The Kier molecular flexibility index (Phi) is 5.81. The predicted octanol–water partition coefficient (Wildman–Crippen LogP) is 2.17. The first-order valence-electron chi connectivity index (χ1n) is 8.24. The van der Waals surface area contributed by atoms with Gasteiger partial charge < -0.3 is 5.32 Å². The smallest absolute Gasteiger partial charge is 0.243 e. The molecule has 2 rings (SSSR count). The number of nitrogens with one attached hydrogen (secondary N) is 1. The molecule has 1 aliphatic heterocycles. The lowest BCUT2D eigenvalue weighted by atomic mass is 10.1. The van der Waals surface area contributed by atoms with Crippen LogP contribution in [0.2, 0.25) is 0 Å². The van der Waals surface area contributed by atoms with Crippen LogP contribution in [0.25, 0.3) is 0 Å². The largest absolute Gasteiger partial charge is 0.353 e. The van der Waals surface area contributed by atoms with E-state index in [1.807, 2.05) is 32.9 Å². The summed E-state index contributed by atoms with van der Waals surface area (Å²) in [6.07, 6.45) is 2.21. The second-order valence-electron chi connectivity index (χ2n) is 6.34. The van der Waals surface area contributed by atoms with Gasteiger partial charge in [-0.3, -0.25) is 4.79 Å². The van der Waals surface area contributed by atoms with Gasteiger partial charge in [0.15, 0.2) is 0 Å². The molecule has 0 unspecified atom stereocenters. The van der Waals surface area contributed by atoms with Gasteiger partial charge in [-0.25, -0.2) is 8.42 Å². The van der Waals surface area contributed by atoms with E-state index in [4.69, 9.17) is 0 Å². The van der Waals surface area contributed by atoms with Gasteiger partial charge in [0.05, 0.1) is 4.90 Å². The molecule has 0 saturated carbocycles. The molecule has 5 nitrogen and oxygen atoms in total. The summed E-state index contributed by atoms with van der Waals surface area (Å²) in [6, 6.07) is 7.16. The summed E-state index contributed by atoms with van der Waals surface area (Å²) in [7, 11) is -3.43. The van der Waals surface area contributed by atoms with Crippen LogP contribution in [0, 0.1) is 5.92 Å². The third kappa shape index (κ3) is 4.32. The van der Waals surface area contributed by atoms with Crippen molar-refractivity contribution >= 4 is 15.9 Å². The number of piperidine rings is 1. The normalized spacial score (nSPS) is 17.4. The highest BCUT2D eigenvalue weighted by Crippen LogP contribution is 2.21. The minimum absolute atomic E-state index is 0.0291. The van der Waals surface area contributed by atoms with E-state index in [9.17, 15) is 13.2 Å². The van der Waals surface area contributed by atoms with Crippen LogP contribution >= 0.6 is 0 Å². The molecule has 0 bridgehead atoms. The fraction of sp³-hybridized carbons (Fsp3) is 0.588. The zero-order valence-electron chi connectivity index (χ0n) is 14.1. The van der Waals surface area contributed by atoms with Crippen molar-refractivity contribution in [3.63, 3.8) is 0 Å². The van der Waals surface area contributed by atoms with E-state index in [0.29, 0.717) is 30.8 Å². The summed E-state index contributed by atoms with van der Waals surface area (Å²) < 4.78 is 26.8. The molecule has 1 amide bonds. The fourth-order valence-corrected chi connectivity index (χ4v) is 4.12. The first-order chi connectivity index (χ1) is 10.8. The SMILES string of the molecule is CCc1ccc(S(=O)(=O)N2CCC(NC(=O)C(C)C)CC2)cc1. The van der Waals surface area contributed by atoms with Gasteiger partial charge in [-0.2, -0.15) is 4.31 Å². The maximum Gasteiger partial charge on any atom is 0.243 e. The van der Waals surface area contributed by atoms with E-state index in [1.54, 1.807) is 12.1 Å². The molecule has 1 N–H and O–H groups in total. The fourth-order valence-electron chi connectivity index (χ4n) is 2.65. The summed E-state index contributed by atoms with van der Waals surface area (Å²) >= 11 is 0.